The van der Waals surface area contributed by atoms with Gasteiger partial charge in [-0.2, -0.15) is 0 Å². The summed E-state index contributed by atoms with van der Waals surface area (Å²) in [4.78, 5) is 13.7. The lowest BCUT2D eigenvalue weighted by atomic mass is 10.1. The topological polar surface area (TPSA) is 58.6 Å². The zero-order chi connectivity index (χ0) is 15.1. The number of nitrogens with one attached hydrogen (secondary N) is 1. The maximum absolute atomic E-state index is 12.2. The molecule has 5 heteroatoms. The quantitative estimate of drug-likeness (QED) is 0.814. The van der Waals surface area contributed by atoms with Gasteiger partial charge in [0.05, 0.1) is 22.4 Å². The Morgan fingerprint density at radius 2 is 2.25 bits per heavy atom. The molecule has 1 aromatic rings. The number of ether oxygens (including phenoxy) is 1. The molecule has 1 atom stereocenters. The van der Waals surface area contributed by atoms with E-state index in [1.54, 1.807) is 7.11 Å². The number of amides is 1. The number of carbonyl (C=O) groups excluding carboxylic acids is 1. The van der Waals surface area contributed by atoms with Gasteiger partial charge >= 0.3 is 0 Å². The molecule has 1 amide bonds. The predicted octanol–water partition coefficient (Wildman–Crippen LogP) is 1.80. The largest absolute Gasteiger partial charge is 0.384 e. The van der Waals surface area contributed by atoms with E-state index < -0.39 is 0 Å². The maximum Gasteiger partial charge on any atom is 0.261 e. The first-order valence-corrected chi connectivity index (χ1v) is 7.31. The molecule has 0 saturated heterocycles. The van der Waals surface area contributed by atoms with Crippen LogP contribution in [0.5, 0.6) is 0 Å². The SMILES string of the molecule is COCC(NC(=O)c1cc(C)c(C#CCO)s1)C(C)C. The van der Waals surface area contributed by atoms with Gasteiger partial charge in [-0.3, -0.25) is 4.79 Å². The molecule has 1 heterocycles. The van der Waals surface area contributed by atoms with Crippen molar-refractivity contribution < 1.29 is 14.6 Å². The fourth-order valence-electron chi connectivity index (χ4n) is 1.66. The summed E-state index contributed by atoms with van der Waals surface area (Å²) in [6.45, 7) is 6.31. The third kappa shape index (κ3) is 4.64. The molecule has 1 unspecified atom stereocenters. The van der Waals surface area contributed by atoms with Gasteiger partial charge in [-0.15, -0.1) is 11.3 Å². The molecule has 0 spiro atoms. The van der Waals surface area contributed by atoms with Crippen LogP contribution in [0, 0.1) is 24.7 Å². The van der Waals surface area contributed by atoms with Crippen molar-refractivity contribution in [1.82, 2.24) is 5.32 Å². The molecule has 1 rings (SSSR count). The first kappa shape index (κ1) is 16.7. The van der Waals surface area contributed by atoms with Gasteiger partial charge in [0.25, 0.3) is 5.91 Å². The van der Waals surface area contributed by atoms with E-state index >= 15 is 0 Å². The Morgan fingerprint density at radius 1 is 1.55 bits per heavy atom. The second-order valence-corrected chi connectivity index (χ2v) is 5.91. The monoisotopic (exact) mass is 295 g/mol. The molecule has 0 bridgehead atoms. The van der Waals surface area contributed by atoms with Crippen molar-refractivity contribution >= 4 is 17.2 Å². The molecule has 0 aliphatic heterocycles. The third-order valence-corrected chi connectivity index (χ3v) is 4.04. The Morgan fingerprint density at radius 3 is 2.80 bits per heavy atom. The highest BCUT2D eigenvalue weighted by Crippen LogP contribution is 2.21. The number of hydrogen-bond donors (Lipinski definition) is 2. The molecule has 0 saturated carbocycles. The summed E-state index contributed by atoms with van der Waals surface area (Å²) in [5, 5.41) is 11.7. The summed E-state index contributed by atoms with van der Waals surface area (Å²) >= 11 is 1.34. The first-order valence-electron chi connectivity index (χ1n) is 6.49. The van der Waals surface area contributed by atoms with E-state index in [0.29, 0.717) is 17.4 Å². The van der Waals surface area contributed by atoms with Crippen LogP contribution in [-0.2, 0) is 4.74 Å². The predicted molar refractivity (Wildman–Crippen MR) is 81.0 cm³/mol. The van der Waals surface area contributed by atoms with Gasteiger partial charge in [0.2, 0.25) is 0 Å². The second kappa shape index (κ2) is 8.05. The van der Waals surface area contributed by atoms with E-state index in [0.717, 1.165) is 10.4 Å². The van der Waals surface area contributed by atoms with Crippen LogP contribution in [-0.4, -0.2) is 37.4 Å². The molecule has 20 heavy (non-hydrogen) atoms. The Balaban J connectivity index is 2.82. The highest BCUT2D eigenvalue weighted by atomic mass is 32.1. The maximum atomic E-state index is 12.2. The average Bonchev–Trinajstić information content (AvgIpc) is 2.77. The minimum Gasteiger partial charge on any atom is -0.384 e. The number of methoxy groups -OCH3 is 1. The van der Waals surface area contributed by atoms with Crippen LogP contribution in [0.2, 0.25) is 0 Å². The summed E-state index contributed by atoms with van der Waals surface area (Å²) in [5.41, 5.74) is 0.953. The Labute approximate surface area is 124 Å². The first-order chi connectivity index (χ1) is 9.49. The van der Waals surface area contributed by atoms with E-state index in [4.69, 9.17) is 9.84 Å². The Kier molecular flexibility index (Phi) is 6.73. The number of rotatable bonds is 5. The number of thiophene rings is 1. The van der Waals surface area contributed by atoms with Crippen LogP contribution in [0.25, 0.3) is 0 Å². The van der Waals surface area contributed by atoms with E-state index in [1.807, 2.05) is 26.8 Å². The van der Waals surface area contributed by atoms with Crippen LogP contribution in [0.15, 0.2) is 6.07 Å². The molecule has 2 N–H and O–H groups in total. The summed E-state index contributed by atoms with van der Waals surface area (Å²) < 4.78 is 5.12. The molecule has 1 aromatic heterocycles. The van der Waals surface area contributed by atoms with E-state index in [1.165, 1.54) is 11.3 Å². The Hall–Kier alpha value is -1.35. The molecule has 0 aromatic carbocycles. The highest BCUT2D eigenvalue weighted by Gasteiger charge is 2.18. The van der Waals surface area contributed by atoms with Gasteiger partial charge in [0.1, 0.15) is 6.61 Å². The van der Waals surface area contributed by atoms with Gasteiger partial charge in [-0.1, -0.05) is 25.7 Å². The fourth-order valence-corrected chi connectivity index (χ4v) is 2.61. The van der Waals surface area contributed by atoms with Gasteiger partial charge in [0, 0.05) is 7.11 Å². The summed E-state index contributed by atoms with van der Waals surface area (Å²) in [5.74, 6) is 5.65. The van der Waals surface area contributed by atoms with Crippen molar-refractivity contribution in [3.8, 4) is 11.8 Å². The number of aliphatic hydroxyl groups is 1. The molecule has 110 valence electrons. The normalized spacial score (nSPS) is 11.9. The van der Waals surface area contributed by atoms with Gasteiger partial charge in [0.15, 0.2) is 0 Å². The molecule has 0 aliphatic carbocycles. The minimum absolute atomic E-state index is 0.0121. The van der Waals surface area contributed by atoms with Crippen molar-refractivity contribution in [2.24, 2.45) is 5.92 Å². The fraction of sp³-hybridized carbons (Fsp3) is 0.533. The lowest BCUT2D eigenvalue weighted by Gasteiger charge is -2.21. The third-order valence-electron chi connectivity index (χ3n) is 2.89. The van der Waals surface area contributed by atoms with Gasteiger partial charge in [-0.05, 0) is 24.5 Å². The second-order valence-electron chi connectivity index (χ2n) is 4.86. The molecular formula is C15H21NO3S. The van der Waals surface area contributed by atoms with Crippen LogP contribution in [0.4, 0.5) is 0 Å². The molecule has 4 nitrogen and oxygen atoms in total. The van der Waals surface area contributed by atoms with Crippen molar-refractivity contribution in [1.29, 1.82) is 0 Å². The zero-order valence-electron chi connectivity index (χ0n) is 12.3. The van der Waals surface area contributed by atoms with Crippen molar-refractivity contribution in [3.63, 3.8) is 0 Å². The van der Waals surface area contributed by atoms with Gasteiger partial charge < -0.3 is 15.2 Å². The van der Waals surface area contributed by atoms with Crippen LogP contribution >= 0.6 is 11.3 Å². The van der Waals surface area contributed by atoms with Crippen LogP contribution in [0.3, 0.4) is 0 Å². The molecule has 0 fully saturated rings. The molecule has 0 aliphatic rings. The number of aryl methyl sites for hydroxylation is 1. The number of aliphatic hydroxyl groups excluding tert-OH is 1. The molecular weight excluding hydrogens is 274 g/mol. The minimum atomic E-state index is -0.178. The average molecular weight is 295 g/mol. The Bertz CT molecular complexity index is 511. The zero-order valence-corrected chi connectivity index (χ0v) is 13.1. The summed E-state index contributed by atoms with van der Waals surface area (Å²) in [6.07, 6.45) is 0. The van der Waals surface area contributed by atoms with E-state index in [2.05, 4.69) is 17.2 Å². The van der Waals surface area contributed by atoms with Crippen molar-refractivity contribution in [2.75, 3.05) is 20.3 Å². The molecule has 0 radical (unpaired) electrons. The van der Waals surface area contributed by atoms with E-state index in [-0.39, 0.29) is 18.6 Å². The highest BCUT2D eigenvalue weighted by molar-refractivity contribution is 7.14. The lowest BCUT2D eigenvalue weighted by molar-refractivity contribution is 0.0870. The van der Waals surface area contributed by atoms with Crippen molar-refractivity contribution in [2.45, 2.75) is 26.8 Å². The summed E-state index contributed by atoms with van der Waals surface area (Å²) in [6, 6.07) is 1.81. The summed E-state index contributed by atoms with van der Waals surface area (Å²) in [7, 11) is 1.62. The smallest absolute Gasteiger partial charge is 0.261 e. The van der Waals surface area contributed by atoms with Gasteiger partial charge in [-0.25, -0.2) is 0 Å². The number of carbonyl (C=O) groups is 1. The lowest BCUT2D eigenvalue weighted by Crippen LogP contribution is -2.41. The van der Waals surface area contributed by atoms with E-state index in [9.17, 15) is 4.79 Å². The van der Waals surface area contributed by atoms with Crippen molar-refractivity contribution in [3.05, 3.63) is 21.4 Å². The van der Waals surface area contributed by atoms with Crippen LogP contribution in [0.1, 0.15) is 34.0 Å². The standard InChI is InChI=1S/C15H21NO3S/c1-10(2)12(9-19-4)16-15(18)14-8-11(3)13(20-14)6-5-7-17/h8,10,12,17H,7,9H2,1-4H3,(H,16,18). The van der Waals surface area contributed by atoms with Crippen LogP contribution < -0.4 is 5.32 Å². The number of hydrogen-bond acceptors (Lipinski definition) is 4.